The van der Waals surface area contributed by atoms with Crippen LogP contribution in [0.15, 0.2) is 23.3 Å². The zero-order valence-electron chi connectivity index (χ0n) is 13.5. The Kier molecular flexibility index (Phi) is 4.91. The number of carbonyl (C=O) groups is 1. The van der Waals surface area contributed by atoms with E-state index in [4.69, 9.17) is 4.74 Å². The molecule has 4 heteroatoms. The van der Waals surface area contributed by atoms with E-state index in [-0.39, 0.29) is 11.3 Å². The van der Waals surface area contributed by atoms with E-state index in [0.717, 1.165) is 36.8 Å². The molecule has 0 amide bonds. The Labute approximate surface area is 131 Å². The first-order valence-electron chi connectivity index (χ1n) is 7.69. The largest absolute Gasteiger partial charge is 0.507 e. The van der Waals surface area contributed by atoms with Gasteiger partial charge in [-0.05, 0) is 69.2 Å². The third-order valence-electron chi connectivity index (χ3n) is 4.22. The van der Waals surface area contributed by atoms with Gasteiger partial charge in [0.15, 0.2) is 6.29 Å². The van der Waals surface area contributed by atoms with Crippen molar-refractivity contribution in [2.45, 2.75) is 52.1 Å². The average Bonchev–Trinajstić information content (AvgIpc) is 2.48. The molecule has 0 aromatic heterocycles. The number of aldehydes is 1. The fraction of sp³-hybridized carbons (Fsp3) is 0.500. The molecule has 1 aromatic rings. The standard InChI is InChI=1S/C18H24O4/c1-12-8-9-16(14(10-19)17(12)20)22-11-13-6-4-5-7-15(13)18(2,3)21/h8-10,20-21H,4-7,11H2,1-3H3. The monoisotopic (exact) mass is 304 g/mol. The van der Waals surface area contributed by atoms with E-state index in [1.165, 1.54) is 0 Å². The lowest BCUT2D eigenvalue weighted by Gasteiger charge is -2.29. The van der Waals surface area contributed by atoms with Crippen LogP contribution in [0.2, 0.25) is 0 Å². The Morgan fingerprint density at radius 3 is 2.59 bits per heavy atom. The Hall–Kier alpha value is -1.81. The highest BCUT2D eigenvalue weighted by molar-refractivity contribution is 5.84. The van der Waals surface area contributed by atoms with E-state index >= 15 is 0 Å². The van der Waals surface area contributed by atoms with E-state index in [1.807, 2.05) is 0 Å². The summed E-state index contributed by atoms with van der Waals surface area (Å²) in [4.78, 5) is 11.2. The summed E-state index contributed by atoms with van der Waals surface area (Å²) in [6.07, 6.45) is 4.55. The van der Waals surface area contributed by atoms with E-state index in [1.54, 1.807) is 32.9 Å². The lowest BCUT2D eigenvalue weighted by Crippen LogP contribution is -2.27. The molecule has 4 nitrogen and oxygen atoms in total. The van der Waals surface area contributed by atoms with Gasteiger partial charge in [0.2, 0.25) is 0 Å². The minimum Gasteiger partial charge on any atom is -0.507 e. The van der Waals surface area contributed by atoms with Crippen LogP contribution in [0, 0.1) is 6.92 Å². The van der Waals surface area contributed by atoms with Gasteiger partial charge in [0, 0.05) is 0 Å². The number of aliphatic hydroxyl groups is 1. The number of hydrogen-bond donors (Lipinski definition) is 2. The molecular formula is C18H24O4. The van der Waals surface area contributed by atoms with Crippen molar-refractivity contribution >= 4 is 6.29 Å². The molecule has 0 bridgehead atoms. The smallest absolute Gasteiger partial charge is 0.157 e. The van der Waals surface area contributed by atoms with Gasteiger partial charge in [0.05, 0.1) is 11.2 Å². The van der Waals surface area contributed by atoms with Crippen molar-refractivity contribution in [3.8, 4) is 11.5 Å². The summed E-state index contributed by atoms with van der Waals surface area (Å²) in [7, 11) is 0. The molecule has 0 atom stereocenters. The number of carbonyl (C=O) groups excluding carboxylic acids is 1. The Morgan fingerprint density at radius 2 is 1.95 bits per heavy atom. The van der Waals surface area contributed by atoms with Crippen LogP contribution in [0.5, 0.6) is 11.5 Å². The summed E-state index contributed by atoms with van der Waals surface area (Å²) < 4.78 is 5.77. The first kappa shape index (κ1) is 16.6. The second-order valence-electron chi connectivity index (χ2n) is 6.40. The van der Waals surface area contributed by atoms with Gasteiger partial charge in [-0.1, -0.05) is 6.07 Å². The second-order valence-corrected chi connectivity index (χ2v) is 6.40. The number of hydrogen-bond acceptors (Lipinski definition) is 4. The van der Waals surface area contributed by atoms with Crippen LogP contribution in [-0.2, 0) is 0 Å². The summed E-state index contributed by atoms with van der Waals surface area (Å²) in [5.41, 5.74) is 2.10. The molecule has 0 aliphatic heterocycles. The van der Waals surface area contributed by atoms with Crippen LogP contribution < -0.4 is 4.74 Å². The van der Waals surface area contributed by atoms with E-state index in [9.17, 15) is 15.0 Å². The van der Waals surface area contributed by atoms with Crippen molar-refractivity contribution in [3.63, 3.8) is 0 Å². The highest BCUT2D eigenvalue weighted by Crippen LogP contribution is 2.34. The van der Waals surface area contributed by atoms with Crippen molar-refractivity contribution in [1.82, 2.24) is 0 Å². The zero-order chi connectivity index (χ0) is 16.3. The van der Waals surface area contributed by atoms with Gasteiger partial charge < -0.3 is 14.9 Å². The third kappa shape index (κ3) is 3.50. The Bertz CT molecular complexity index is 594. The molecule has 0 heterocycles. The number of phenols is 1. The van der Waals surface area contributed by atoms with Crippen molar-refractivity contribution in [3.05, 3.63) is 34.4 Å². The van der Waals surface area contributed by atoms with Crippen LogP contribution in [0.4, 0.5) is 0 Å². The molecule has 0 fully saturated rings. The van der Waals surface area contributed by atoms with Crippen LogP contribution >= 0.6 is 0 Å². The number of ether oxygens (including phenoxy) is 1. The van der Waals surface area contributed by atoms with Gasteiger partial charge in [-0.3, -0.25) is 4.79 Å². The molecule has 0 saturated carbocycles. The quantitative estimate of drug-likeness (QED) is 0.645. The van der Waals surface area contributed by atoms with Crippen LogP contribution in [0.1, 0.15) is 55.5 Å². The highest BCUT2D eigenvalue weighted by Gasteiger charge is 2.25. The Morgan fingerprint density at radius 1 is 1.27 bits per heavy atom. The molecule has 22 heavy (non-hydrogen) atoms. The molecule has 0 saturated heterocycles. The minimum atomic E-state index is -0.845. The molecule has 0 spiro atoms. The van der Waals surface area contributed by atoms with Gasteiger partial charge >= 0.3 is 0 Å². The summed E-state index contributed by atoms with van der Waals surface area (Å²) >= 11 is 0. The lowest BCUT2D eigenvalue weighted by molar-refractivity contribution is 0.109. The normalized spacial score (nSPS) is 15.8. The summed E-state index contributed by atoms with van der Waals surface area (Å²) in [5.74, 6) is 0.346. The molecule has 120 valence electrons. The zero-order valence-corrected chi connectivity index (χ0v) is 13.5. The number of rotatable bonds is 5. The molecule has 0 radical (unpaired) electrons. The fourth-order valence-corrected chi connectivity index (χ4v) is 2.97. The molecule has 2 N–H and O–H groups in total. The Balaban J connectivity index is 2.24. The topological polar surface area (TPSA) is 66.8 Å². The van der Waals surface area contributed by atoms with Crippen molar-refractivity contribution in [2.75, 3.05) is 6.61 Å². The molecule has 2 rings (SSSR count). The molecule has 1 aromatic carbocycles. The van der Waals surface area contributed by atoms with Gasteiger partial charge in [-0.2, -0.15) is 0 Å². The molecular weight excluding hydrogens is 280 g/mol. The van der Waals surface area contributed by atoms with Gasteiger partial charge in [0.25, 0.3) is 0 Å². The molecule has 1 aliphatic rings. The molecule has 1 aliphatic carbocycles. The van der Waals surface area contributed by atoms with Gasteiger partial charge in [0.1, 0.15) is 18.1 Å². The van der Waals surface area contributed by atoms with E-state index < -0.39 is 5.60 Å². The van der Waals surface area contributed by atoms with Crippen molar-refractivity contribution in [2.24, 2.45) is 0 Å². The number of aryl methyl sites for hydroxylation is 1. The first-order valence-corrected chi connectivity index (χ1v) is 7.69. The lowest BCUT2D eigenvalue weighted by atomic mass is 9.83. The fourth-order valence-electron chi connectivity index (χ4n) is 2.97. The first-order chi connectivity index (χ1) is 10.3. The maximum atomic E-state index is 11.2. The SMILES string of the molecule is Cc1ccc(OCC2=C(C(C)(C)O)CCCC2)c(C=O)c1O. The van der Waals surface area contributed by atoms with Gasteiger partial charge in [-0.25, -0.2) is 0 Å². The van der Waals surface area contributed by atoms with Crippen LogP contribution in [0.25, 0.3) is 0 Å². The maximum Gasteiger partial charge on any atom is 0.157 e. The number of aromatic hydroxyl groups is 1. The molecule has 0 unspecified atom stereocenters. The average molecular weight is 304 g/mol. The maximum absolute atomic E-state index is 11.2. The second kappa shape index (κ2) is 6.53. The third-order valence-corrected chi connectivity index (χ3v) is 4.22. The summed E-state index contributed by atoms with van der Waals surface area (Å²) in [5, 5.41) is 20.2. The predicted octanol–water partition coefficient (Wildman–Crippen LogP) is 3.53. The van der Waals surface area contributed by atoms with Crippen LogP contribution in [-0.4, -0.2) is 28.7 Å². The van der Waals surface area contributed by atoms with Crippen molar-refractivity contribution < 1.29 is 19.7 Å². The van der Waals surface area contributed by atoms with Gasteiger partial charge in [-0.15, -0.1) is 0 Å². The summed E-state index contributed by atoms with van der Waals surface area (Å²) in [6.45, 7) is 5.66. The van der Waals surface area contributed by atoms with E-state index in [2.05, 4.69) is 0 Å². The predicted molar refractivity (Wildman–Crippen MR) is 85.5 cm³/mol. The number of benzene rings is 1. The van der Waals surface area contributed by atoms with Crippen LogP contribution in [0.3, 0.4) is 0 Å². The van der Waals surface area contributed by atoms with E-state index in [0.29, 0.717) is 24.2 Å². The number of phenolic OH excluding ortho intramolecular Hbond substituents is 1. The minimum absolute atomic E-state index is 0.0344. The highest BCUT2D eigenvalue weighted by atomic mass is 16.5. The van der Waals surface area contributed by atoms with Crippen molar-refractivity contribution in [1.29, 1.82) is 0 Å². The summed E-state index contributed by atoms with van der Waals surface area (Å²) in [6, 6.07) is 3.43.